The highest BCUT2D eigenvalue weighted by atomic mass is 19.2. The smallest absolute Gasteiger partial charge is 0.279 e. The Morgan fingerprint density at radius 2 is 1.91 bits per heavy atom. The fourth-order valence-corrected chi connectivity index (χ4v) is 3.99. The summed E-state index contributed by atoms with van der Waals surface area (Å²) in [7, 11) is 3.15. The van der Waals surface area contributed by atoms with E-state index < -0.39 is 23.0 Å². The molecule has 3 heterocycles. The molecule has 2 atom stereocenters. The number of benzene rings is 1. The third-order valence-corrected chi connectivity index (χ3v) is 5.92. The van der Waals surface area contributed by atoms with Gasteiger partial charge in [0.15, 0.2) is 17.2 Å². The molecule has 1 aliphatic rings. The maximum absolute atomic E-state index is 14.8. The van der Waals surface area contributed by atoms with Crippen LogP contribution < -0.4 is 11.3 Å². The largest absolute Gasteiger partial charge is 0.404 e. The van der Waals surface area contributed by atoms with Gasteiger partial charge < -0.3 is 10.5 Å². The Balaban J connectivity index is 1.93. The molecule has 2 N–H and O–H groups in total. The van der Waals surface area contributed by atoms with Crippen LogP contribution in [0.5, 0.6) is 0 Å². The molecule has 4 rings (SSSR count). The molecular weight excluding hydrogens is 449 g/mol. The molecule has 1 saturated heterocycles. The summed E-state index contributed by atoms with van der Waals surface area (Å²) in [5, 5.41) is 0. The lowest BCUT2D eigenvalue weighted by Crippen LogP contribution is -2.29. The molecule has 34 heavy (non-hydrogen) atoms. The van der Waals surface area contributed by atoms with Gasteiger partial charge in [0, 0.05) is 56.2 Å². The zero-order chi connectivity index (χ0) is 24.6. The molecule has 0 aliphatic carbocycles. The van der Waals surface area contributed by atoms with Crippen molar-refractivity contribution in [2.75, 3.05) is 13.7 Å². The Morgan fingerprint density at radius 1 is 1.18 bits per heavy atom. The van der Waals surface area contributed by atoms with Gasteiger partial charge in [0.05, 0.1) is 6.10 Å². The summed E-state index contributed by atoms with van der Waals surface area (Å²) in [5.74, 6) is -3.28. The number of halogens is 3. The van der Waals surface area contributed by atoms with Gasteiger partial charge in [-0.25, -0.2) is 28.1 Å². The van der Waals surface area contributed by atoms with E-state index in [0.717, 1.165) is 0 Å². The number of rotatable bonds is 4. The van der Waals surface area contributed by atoms with Crippen LogP contribution in [-0.4, -0.2) is 45.5 Å². The number of aromatic nitrogens is 4. The third kappa shape index (κ3) is 4.18. The number of nitrogens with two attached hydrogens (primary N) is 1. The van der Waals surface area contributed by atoms with Crippen LogP contribution in [0.2, 0.25) is 0 Å². The molecule has 1 aromatic carbocycles. The molecule has 0 spiro atoms. The van der Waals surface area contributed by atoms with Crippen molar-refractivity contribution in [2.45, 2.75) is 31.8 Å². The van der Waals surface area contributed by atoms with Gasteiger partial charge in [0.25, 0.3) is 5.56 Å². The maximum Gasteiger partial charge on any atom is 0.279 e. The number of hydrogen-bond acceptors (Lipinski definition) is 7. The number of hydrogen-bond donors (Lipinski definition) is 1. The van der Waals surface area contributed by atoms with Crippen molar-refractivity contribution in [3.8, 4) is 11.3 Å². The van der Waals surface area contributed by atoms with Crippen molar-refractivity contribution in [1.82, 2.24) is 19.5 Å². The summed E-state index contributed by atoms with van der Waals surface area (Å²) < 4.78 is 49.5. The van der Waals surface area contributed by atoms with Crippen LogP contribution in [-0.2, 0) is 11.8 Å². The van der Waals surface area contributed by atoms with Gasteiger partial charge in [-0.2, -0.15) is 0 Å². The average Bonchev–Trinajstić information content (AvgIpc) is 2.83. The van der Waals surface area contributed by atoms with Crippen LogP contribution in [0.1, 0.15) is 30.4 Å². The summed E-state index contributed by atoms with van der Waals surface area (Å²) in [4.78, 5) is 30.4. The van der Waals surface area contributed by atoms with Gasteiger partial charge in [-0.15, -0.1) is 0 Å². The third-order valence-electron chi connectivity index (χ3n) is 5.92. The van der Waals surface area contributed by atoms with Crippen molar-refractivity contribution in [2.24, 2.45) is 17.8 Å². The van der Waals surface area contributed by atoms with Crippen molar-refractivity contribution in [1.29, 1.82) is 0 Å². The minimum Gasteiger partial charge on any atom is -0.404 e. The van der Waals surface area contributed by atoms with E-state index in [1.54, 1.807) is 20.2 Å². The topological polar surface area (TPSA) is 108 Å². The lowest BCUT2D eigenvalue weighted by molar-refractivity contribution is 0.0314. The van der Waals surface area contributed by atoms with E-state index >= 15 is 0 Å². The molecule has 1 fully saturated rings. The van der Waals surface area contributed by atoms with Crippen molar-refractivity contribution >= 4 is 17.2 Å². The Kier molecular flexibility index (Phi) is 6.47. The summed E-state index contributed by atoms with van der Waals surface area (Å²) >= 11 is 0. The van der Waals surface area contributed by atoms with E-state index in [9.17, 15) is 18.0 Å². The fraction of sp³-hybridized carbons (Fsp3) is 0.348. The Hall–Kier alpha value is -3.60. The number of nitrogens with zero attached hydrogens (tertiary/aromatic N) is 5. The van der Waals surface area contributed by atoms with Crippen LogP contribution in [0.15, 0.2) is 33.7 Å². The molecule has 11 heteroatoms. The van der Waals surface area contributed by atoms with Crippen molar-refractivity contribution < 1.29 is 17.9 Å². The van der Waals surface area contributed by atoms with Gasteiger partial charge in [-0.05, 0) is 25.8 Å². The van der Waals surface area contributed by atoms with Gasteiger partial charge in [-0.1, -0.05) is 0 Å². The fourth-order valence-electron chi connectivity index (χ4n) is 3.99. The first-order valence-electron chi connectivity index (χ1n) is 10.6. The Bertz CT molecular complexity index is 1390. The minimum atomic E-state index is -1.33. The predicted octanol–water partition coefficient (Wildman–Crippen LogP) is 2.92. The zero-order valence-electron chi connectivity index (χ0n) is 18.8. The van der Waals surface area contributed by atoms with Gasteiger partial charge in [0.2, 0.25) is 0 Å². The first kappa shape index (κ1) is 23.6. The summed E-state index contributed by atoms with van der Waals surface area (Å²) in [6, 6.07) is 1.16. The van der Waals surface area contributed by atoms with Crippen LogP contribution in [0, 0.1) is 24.4 Å². The number of aliphatic imine (C=N–C) groups is 1. The molecule has 0 bridgehead atoms. The van der Waals surface area contributed by atoms with E-state index in [2.05, 4.69) is 19.9 Å². The number of fused-ring (bicyclic) bond motifs is 1. The van der Waals surface area contributed by atoms with Crippen molar-refractivity contribution in [3.05, 3.63) is 63.4 Å². The quantitative estimate of drug-likeness (QED) is 0.462. The molecular formula is C23H23F3N6O2. The first-order chi connectivity index (χ1) is 16.2. The summed E-state index contributed by atoms with van der Waals surface area (Å²) in [6.45, 7) is 1.96. The molecule has 1 aliphatic heterocycles. The van der Waals surface area contributed by atoms with Gasteiger partial charge in [0.1, 0.15) is 28.7 Å². The molecule has 178 valence electrons. The van der Waals surface area contributed by atoms with Crippen LogP contribution in [0.3, 0.4) is 0 Å². The summed E-state index contributed by atoms with van der Waals surface area (Å²) in [5.41, 5.74) is 5.52. The standard InChI is InChI=1S/C23H23F3N6O2/c1-11-29-20-19(14-7-16(25)17(26)8-15(14)24)30-22(31-21(20)23(33)32(11)3)12-4-5-34-18(6-12)13(9-27)10-28-2/h7-10,12,18H,4-6,27H2,1-3H3/b13-9+,28-10?/t12-,18+/m0/s1. The highest BCUT2D eigenvalue weighted by Gasteiger charge is 2.30. The number of ether oxygens (including phenoxy) is 1. The second-order valence-corrected chi connectivity index (χ2v) is 8.03. The normalized spacial score (nSPS) is 19.3. The summed E-state index contributed by atoms with van der Waals surface area (Å²) in [6.07, 6.45) is 3.58. The highest BCUT2D eigenvalue weighted by molar-refractivity contribution is 5.88. The van der Waals surface area contributed by atoms with Crippen LogP contribution in [0.25, 0.3) is 22.3 Å². The Morgan fingerprint density at radius 3 is 2.62 bits per heavy atom. The van der Waals surface area contributed by atoms with Crippen LogP contribution in [0.4, 0.5) is 13.2 Å². The van der Waals surface area contributed by atoms with E-state index in [0.29, 0.717) is 43.0 Å². The second kappa shape index (κ2) is 9.34. The zero-order valence-corrected chi connectivity index (χ0v) is 18.8. The molecule has 8 nitrogen and oxygen atoms in total. The lowest BCUT2D eigenvalue weighted by atomic mass is 9.91. The SMILES string of the molecule is CN=C/C(=C\N)[C@H]1C[C@@H](c2nc(-c3cc(F)c(F)cc3F)c3nc(C)n(C)c(=O)c3n2)CCO1. The van der Waals surface area contributed by atoms with E-state index in [4.69, 9.17) is 10.5 Å². The second-order valence-electron chi connectivity index (χ2n) is 8.03. The molecule has 3 aromatic rings. The monoisotopic (exact) mass is 472 g/mol. The maximum atomic E-state index is 14.8. The van der Waals surface area contributed by atoms with E-state index in [-0.39, 0.29) is 40.1 Å². The van der Waals surface area contributed by atoms with Crippen LogP contribution >= 0.6 is 0 Å². The van der Waals surface area contributed by atoms with Gasteiger partial charge in [-0.3, -0.25) is 14.4 Å². The number of aryl methyl sites for hydroxylation is 1. The highest BCUT2D eigenvalue weighted by Crippen LogP contribution is 2.34. The molecule has 0 amide bonds. The Labute approximate surface area is 193 Å². The molecule has 2 aromatic heterocycles. The minimum absolute atomic E-state index is 0.0125. The van der Waals surface area contributed by atoms with E-state index in [1.807, 2.05) is 0 Å². The van der Waals surface area contributed by atoms with Gasteiger partial charge >= 0.3 is 0 Å². The average molecular weight is 472 g/mol. The first-order valence-corrected chi connectivity index (χ1v) is 10.6. The molecule has 0 radical (unpaired) electrons. The predicted molar refractivity (Wildman–Crippen MR) is 121 cm³/mol. The lowest BCUT2D eigenvalue weighted by Gasteiger charge is -2.29. The van der Waals surface area contributed by atoms with E-state index in [1.165, 1.54) is 17.8 Å². The molecule has 0 unspecified atom stereocenters. The van der Waals surface area contributed by atoms with Crippen molar-refractivity contribution in [3.63, 3.8) is 0 Å². The molecule has 0 saturated carbocycles.